The van der Waals surface area contributed by atoms with Crippen LogP contribution in [0.5, 0.6) is 11.5 Å². The lowest BCUT2D eigenvalue weighted by Gasteiger charge is -2.38. The Morgan fingerprint density at radius 3 is 2.05 bits per heavy atom. The minimum atomic E-state index is -2.04. The lowest BCUT2D eigenvalue weighted by molar-refractivity contribution is 0.00578. The summed E-state index contributed by atoms with van der Waals surface area (Å²) in [7, 11) is 0.181. The van der Waals surface area contributed by atoms with Gasteiger partial charge in [-0.3, -0.25) is 0 Å². The topological polar surface area (TPSA) is 83.5 Å². The molecule has 0 aromatic heterocycles. The van der Waals surface area contributed by atoms with Crippen molar-refractivity contribution in [1.82, 2.24) is 0 Å². The highest BCUT2D eigenvalue weighted by atomic mass is 28.4. The van der Waals surface area contributed by atoms with Crippen molar-refractivity contribution in [3.63, 3.8) is 0 Å². The van der Waals surface area contributed by atoms with Crippen LogP contribution < -0.4 is 10.2 Å². The fourth-order valence-corrected chi connectivity index (χ4v) is 5.57. The van der Waals surface area contributed by atoms with Crippen molar-refractivity contribution in [3.05, 3.63) is 29.3 Å². The van der Waals surface area contributed by atoms with Crippen LogP contribution >= 0.6 is 0 Å². The number of fused-ring (bicyclic) bond motifs is 1. The van der Waals surface area contributed by atoms with Crippen LogP contribution in [0.25, 0.3) is 10.8 Å². The van der Waals surface area contributed by atoms with E-state index >= 15 is 0 Å². The Labute approximate surface area is 235 Å². The van der Waals surface area contributed by atoms with Gasteiger partial charge in [-0.15, -0.1) is 0 Å². The number of phenols is 1. The molecule has 7 nitrogen and oxygen atoms in total. The van der Waals surface area contributed by atoms with Crippen LogP contribution in [0.15, 0.2) is 18.2 Å². The molecule has 1 aliphatic heterocycles. The molecular formula is C30H47BO7Si. The molecule has 2 aromatic rings. The number of benzene rings is 2. The van der Waals surface area contributed by atoms with Gasteiger partial charge in [0, 0.05) is 23.4 Å². The Hall–Kier alpha value is -2.07. The van der Waals surface area contributed by atoms with Gasteiger partial charge in [0.2, 0.25) is 0 Å². The maximum Gasteiger partial charge on any atom is 0.498 e. The first kappa shape index (κ1) is 31.5. The largest absolute Gasteiger partial charge is 0.506 e. The molecule has 1 saturated heterocycles. The molecule has 0 unspecified atom stereocenters. The lowest BCUT2D eigenvalue weighted by Crippen LogP contribution is -2.42. The molecule has 1 fully saturated rings. The van der Waals surface area contributed by atoms with Gasteiger partial charge in [0.05, 0.1) is 25.4 Å². The standard InChI is InChI=1S/C30H47BO7Si/c1-18(2)23(17-36-39(12,13)28(3,4)5)19-14-22(27(33)35-11)26(32)21-15-24(25(34-10)16-20(19)21)31-37-29(6,7)30(8,9)38-31/h14-16,18,23,32H,17H2,1-13H3/t23-/m1/s1. The number of carbonyl (C=O) groups is 1. The fourth-order valence-electron chi connectivity index (χ4n) is 4.54. The maximum atomic E-state index is 12.8. The average Bonchev–Trinajstić information content (AvgIpc) is 3.04. The molecule has 0 amide bonds. The van der Waals surface area contributed by atoms with Crippen LogP contribution in [0.3, 0.4) is 0 Å². The third-order valence-corrected chi connectivity index (χ3v) is 13.5. The molecule has 9 heteroatoms. The van der Waals surface area contributed by atoms with Crippen LogP contribution in [0, 0.1) is 5.92 Å². The quantitative estimate of drug-likeness (QED) is 0.297. The molecule has 0 aliphatic carbocycles. The molecule has 2 aromatic carbocycles. The van der Waals surface area contributed by atoms with Crippen LogP contribution in [-0.2, 0) is 18.5 Å². The van der Waals surface area contributed by atoms with Crippen molar-refractivity contribution in [2.45, 2.75) is 97.6 Å². The van der Waals surface area contributed by atoms with E-state index in [2.05, 4.69) is 47.7 Å². The summed E-state index contributed by atoms with van der Waals surface area (Å²) >= 11 is 0. The highest BCUT2D eigenvalue weighted by Crippen LogP contribution is 2.43. The van der Waals surface area contributed by atoms with E-state index in [1.54, 1.807) is 13.2 Å². The highest BCUT2D eigenvalue weighted by Gasteiger charge is 2.52. The molecule has 1 atom stereocenters. The monoisotopic (exact) mass is 558 g/mol. The van der Waals surface area contributed by atoms with Crippen molar-refractivity contribution >= 4 is 37.6 Å². The Kier molecular flexibility index (Phi) is 8.65. The average molecular weight is 559 g/mol. The van der Waals surface area contributed by atoms with E-state index in [9.17, 15) is 9.90 Å². The number of methoxy groups -OCH3 is 2. The first-order valence-corrected chi connectivity index (χ1v) is 16.6. The van der Waals surface area contributed by atoms with E-state index < -0.39 is 32.6 Å². The predicted octanol–water partition coefficient (Wildman–Crippen LogP) is 6.40. The molecule has 0 radical (unpaired) electrons. The summed E-state index contributed by atoms with van der Waals surface area (Å²) in [6.45, 7) is 23.9. The van der Waals surface area contributed by atoms with E-state index in [1.807, 2.05) is 39.8 Å². The number of ether oxygens (including phenoxy) is 2. The van der Waals surface area contributed by atoms with E-state index in [4.69, 9.17) is 23.2 Å². The van der Waals surface area contributed by atoms with Crippen molar-refractivity contribution in [3.8, 4) is 11.5 Å². The van der Waals surface area contributed by atoms with Gasteiger partial charge in [0.1, 0.15) is 17.1 Å². The van der Waals surface area contributed by atoms with Crippen LogP contribution in [0.1, 0.15) is 84.2 Å². The van der Waals surface area contributed by atoms with Gasteiger partial charge < -0.3 is 28.3 Å². The Morgan fingerprint density at radius 1 is 1.03 bits per heavy atom. The number of phenolic OH excluding ortho intramolecular Hbond substituents is 1. The zero-order chi connectivity index (χ0) is 29.7. The van der Waals surface area contributed by atoms with Crippen LogP contribution in [0.2, 0.25) is 18.1 Å². The van der Waals surface area contributed by atoms with Gasteiger partial charge in [-0.25, -0.2) is 4.79 Å². The zero-order valence-corrected chi connectivity index (χ0v) is 27.1. The number of aromatic hydroxyl groups is 1. The van der Waals surface area contributed by atoms with Gasteiger partial charge in [-0.1, -0.05) is 34.6 Å². The van der Waals surface area contributed by atoms with Gasteiger partial charge in [0.25, 0.3) is 0 Å². The molecule has 0 spiro atoms. The van der Waals surface area contributed by atoms with Crippen molar-refractivity contribution < 1.29 is 33.1 Å². The minimum absolute atomic E-state index is 0.0435. The molecule has 0 saturated carbocycles. The second-order valence-electron chi connectivity index (χ2n) is 13.5. The first-order chi connectivity index (χ1) is 17.8. The van der Waals surface area contributed by atoms with Crippen molar-refractivity contribution in [1.29, 1.82) is 0 Å². The molecule has 216 valence electrons. The second kappa shape index (κ2) is 10.7. The molecule has 1 N–H and O–H groups in total. The SMILES string of the molecule is COC(=O)c1cc([C@H](CO[Si](C)(C)C(C)(C)C)C(C)C)c2cc(OC)c(B3OC(C)(C)C(C)(C)O3)cc2c1O. The van der Waals surface area contributed by atoms with Crippen molar-refractivity contribution in [2.24, 2.45) is 5.92 Å². The van der Waals surface area contributed by atoms with E-state index in [-0.39, 0.29) is 28.2 Å². The van der Waals surface area contributed by atoms with Gasteiger partial charge in [0.15, 0.2) is 8.32 Å². The first-order valence-electron chi connectivity index (χ1n) is 13.7. The van der Waals surface area contributed by atoms with E-state index in [0.717, 1.165) is 10.9 Å². The summed E-state index contributed by atoms with van der Waals surface area (Å²) in [5.74, 6) is -0.00888. The predicted molar refractivity (Wildman–Crippen MR) is 160 cm³/mol. The van der Waals surface area contributed by atoms with Crippen molar-refractivity contribution in [2.75, 3.05) is 20.8 Å². The Bertz CT molecular complexity index is 1210. The maximum absolute atomic E-state index is 12.8. The highest BCUT2D eigenvalue weighted by molar-refractivity contribution is 6.74. The smallest absolute Gasteiger partial charge is 0.498 e. The number of hydrogen-bond donors (Lipinski definition) is 1. The van der Waals surface area contributed by atoms with E-state index in [0.29, 0.717) is 23.2 Å². The summed E-state index contributed by atoms with van der Waals surface area (Å²) in [6, 6.07) is 5.47. The molecule has 39 heavy (non-hydrogen) atoms. The minimum Gasteiger partial charge on any atom is -0.506 e. The summed E-state index contributed by atoms with van der Waals surface area (Å²) in [5.41, 5.74) is 0.551. The van der Waals surface area contributed by atoms with Gasteiger partial charge in [-0.2, -0.15) is 0 Å². The Balaban J connectivity index is 2.26. The third-order valence-electron chi connectivity index (χ3n) is 9.04. The normalized spacial score (nSPS) is 18.1. The van der Waals surface area contributed by atoms with Gasteiger partial charge >= 0.3 is 13.1 Å². The number of esters is 1. The third kappa shape index (κ3) is 5.87. The summed E-state index contributed by atoms with van der Waals surface area (Å²) in [5, 5.41) is 12.7. The fraction of sp³-hybridized carbons (Fsp3) is 0.633. The lowest BCUT2D eigenvalue weighted by atomic mass is 9.75. The molecule has 0 bridgehead atoms. The Morgan fingerprint density at radius 2 is 1.59 bits per heavy atom. The molecule has 1 heterocycles. The second-order valence-corrected chi connectivity index (χ2v) is 18.3. The molecule has 3 rings (SSSR count). The summed E-state index contributed by atoms with van der Waals surface area (Å²) < 4.78 is 30.2. The zero-order valence-electron chi connectivity index (χ0n) is 26.1. The van der Waals surface area contributed by atoms with Crippen LogP contribution in [-0.4, -0.2) is 58.5 Å². The number of carbonyl (C=O) groups excluding carboxylic acids is 1. The summed E-state index contributed by atoms with van der Waals surface area (Å²) in [6.07, 6.45) is 0. The number of hydrogen-bond acceptors (Lipinski definition) is 7. The van der Waals surface area contributed by atoms with E-state index in [1.165, 1.54) is 7.11 Å². The molecular weight excluding hydrogens is 511 g/mol. The van der Waals surface area contributed by atoms with Gasteiger partial charge in [-0.05, 0) is 80.9 Å². The number of rotatable bonds is 8. The summed E-state index contributed by atoms with van der Waals surface area (Å²) in [4.78, 5) is 12.8. The van der Waals surface area contributed by atoms with Crippen LogP contribution in [0.4, 0.5) is 0 Å². The molecule has 1 aliphatic rings.